The number of nitrogens with zero attached hydrogens (tertiary/aromatic N) is 2. The minimum Gasteiger partial charge on any atom is -0.293 e. The van der Waals surface area contributed by atoms with Gasteiger partial charge in [0.1, 0.15) is 16.3 Å². The maximum Gasteiger partial charge on any atom is 0.273 e. The highest BCUT2D eigenvalue weighted by Gasteiger charge is 2.27. The first-order valence-electron chi connectivity index (χ1n) is 9.49. The van der Waals surface area contributed by atoms with Crippen LogP contribution in [0.4, 0.5) is 0 Å². The van der Waals surface area contributed by atoms with Crippen molar-refractivity contribution in [3.8, 4) is 11.8 Å². The summed E-state index contributed by atoms with van der Waals surface area (Å²) >= 11 is 13.7. The lowest BCUT2D eigenvalue weighted by atomic mass is 9.87. The molecule has 0 amide bonds. The average Bonchev–Trinajstić information content (AvgIpc) is 3.01. The zero-order chi connectivity index (χ0) is 22.9. The highest BCUT2D eigenvalue weighted by atomic mass is 35.5. The molecule has 1 aromatic heterocycles. The number of ketones is 1. The van der Waals surface area contributed by atoms with Crippen LogP contribution in [0.1, 0.15) is 31.9 Å². The molecule has 158 valence electrons. The molecule has 1 heterocycles. The highest BCUT2D eigenvalue weighted by molar-refractivity contribution is 7.07. The third-order valence-corrected chi connectivity index (χ3v) is 6.44. The fourth-order valence-corrected chi connectivity index (χ4v) is 4.62. The first-order valence-corrected chi connectivity index (χ1v) is 11.1. The largest absolute Gasteiger partial charge is 0.293 e. The van der Waals surface area contributed by atoms with Crippen LogP contribution in [-0.4, -0.2) is 10.4 Å². The summed E-state index contributed by atoms with van der Waals surface area (Å²) in [6.07, 6.45) is 1.60. The van der Waals surface area contributed by atoms with Crippen molar-refractivity contribution in [1.29, 1.82) is 5.26 Å². The molecule has 0 bridgehead atoms. The summed E-state index contributed by atoms with van der Waals surface area (Å²) in [5.74, 6) is -0.332. The molecule has 0 aliphatic carbocycles. The normalized spacial score (nSPS) is 13.1. The van der Waals surface area contributed by atoms with Crippen LogP contribution >= 0.6 is 34.5 Å². The maximum atomic E-state index is 13.5. The molecule has 0 saturated heterocycles. The van der Waals surface area contributed by atoms with Crippen molar-refractivity contribution in [3.63, 3.8) is 0 Å². The number of nitriles is 1. The van der Waals surface area contributed by atoms with E-state index in [-0.39, 0.29) is 21.6 Å². The summed E-state index contributed by atoms with van der Waals surface area (Å²) in [6, 6.07) is 14.4. The van der Waals surface area contributed by atoms with E-state index in [4.69, 9.17) is 23.2 Å². The fraction of sp³-hybridized carbons (Fsp3) is 0.208. The number of aromatic nitrogens is 1. The van der Waals surface area contributed by atoms with Gasteiger partial charge in [-0.05, 0) is 36.8 Å². The summed E-state index contributed by atoms with van der Waals surface area (Å²) in [6.45, 7) is 7.10. The van der Waals surface area contributed by atoms with E-state index in [2.05, 4.69) is 0 Å². The SMILES string of the molecule is Cc1ccccc1-n1c(=O)/c(=C/c2c(Cl)cccc2Cl)s/c1=C(\C#N)C(=O)C(C)(C)C. The van der Waals surface area contributed by atoms with E-state index >= 15 is 0 Å². The lowest BCUT2D eigenvalue weighted by molar-refractivity contribution is -0.120. The number of hydrogen-bond acceptors (Lipinski definition) is 4. The number of aryl methyl sites for hydroxylation is 1. The summed E-state index contributed by atoms with van der Waals surface area (Å²) < 4.78 is 2.04. The molecule has 0 atom stereocenters. The third kappa shape index (κ3) is 4.52. The van der Waals surface area contributed by atoms with E-state index in [0.717, 1.165) is 16.9 Å². The van der Waals surface area contributed by atoms with Crippen molar-refractivity contribution in [3.05, 3.63) is 83.2 Å². The maximum absolute atomic E-state index is 13.5. The monoisotopic (exact) mass is 470 g/mol. The van der Waals surface area contributed by atoms with E-state index in [0.29, 0.717) is 25.8 Å². The van der Waals surface area contributed by atoms with Crippen molar-refractivity contribution in [1.82, 2.24) is 4.57 Å². The molecule has 0 fully saturated rings. The molecule has 7 heteroatoms. The van der Waals surface area contributed by atoms with Gasteiger partial charge >= 0.3 is 0 Å². The minimum absolute atomic E-state index is 0.0530. The van der Waals surface area contributed by atoms with Gasteiger partial charge in [0.05, 0.1) is 10.2 Å². The Morgan fingerprint density at radius 1 is 1.10 bits per heavy atom. The van der Waals surface area contributed by atoms with Crippen LogP contribution in [0.3, 0.4) is 0 Å². The number of hydrogen-bond donors (Lipinski definition) is 0. The molecule has 0 unspecified atom stereocenters. The minimum atomic E-state index is -0.780. The smallest absolute Gasteiger partial charge is 0.273 e. The quantitative estimate of drug-likeness (QED) is 0.560. The van der Waals surface area contributed by atoms with Gasteiger partial charge in [0.25, 0.3) is 5.56 Å². The van der Waals surface area contributed by atoms with E-state index in [9.17, 15) is 14.9 Å². The molecule has 0 radical (unpaired) electrons. The van der Waals surface area contributed by atoms with Crippen LogP contribution < -0.4 is 14.8 Å². The molecule has 0 aliphatic heterocycles. The predicted molar refractivity (Wildman–Crippen MR) is 127 cm³/mol. The Labute approximate surface area is 194 Å². The average molecular weight is 471 g/mol. The molecule has 0 saturated carbocycles. The van der Waals surface area contributed by atoms with Gasteiger partial charge in [-0.1, -0.05) is 68.2 Å². The van der Waals surface area contributed by atoms with E-state index < -0.39 is 5.41 Å². The molecule has 2 aromatic carbocycles. The van der Waals surface area contributed by atoms with Gasteiger partial charge in [-0.15, -0.1) is 11.3 Å². The van der Waals surface area contributed by atoms with Gasteiger partial charge in [-0.2, -0.15) is 5.26 Å². The second-order valence-electron chi connectivity index (χ2n) is 8.04. The molecule has 3 aromatic rings. The van der Waals surface area contributed by atoms with Crippen LogP contribution in [0, 0.1) is 23.7 Å². The fourth-order valence-electron chi connectivity index (χ4n) is 3.03. The Morgan fingerprint density at radius 3 is 2.26 bits per heavy atom. The zero-order valence-corrected chi connectivity index (χ0v) is 19.8. The topological polar surface area (TPSA) is 62.9 Å². The first-order chi connectivity index (χ1) is 14.6. The second kappa shape index (κ2) is 8.84. The summed E-state index contributed by atoms with van der Waals surface area (Å²) in [5, 5.41) is 10.7. The number of benzene rings is 2. The van der Waals surface area contributed by atoms with Gasteiger partial charge in [0.15, 0.2) is 5.78 Å². The molecular weight excluding hydrogens is 451 g/mol. The number of halogens is 2. The van der Waals surface area contributed by atoms with Crippen molar-refractivity contribution < 1.29 is 4.79 Å². The Balaban J connectivity index is 2.52. The molecule has 0 aliphatic rings. The van der Waals surface area contributed by atoms with Crippen LogP contribution in [0.5, 0.6) is 0 Å². The van der Waals surface area contributed by atoms with Crippen molar-refractivity contribution in [2.24, 2.45) is 5.41 Å². The Hall–Kier alpha value is -2.65. The molecule has 4 nitrogen and oxygen atoms in total. The van der Waals surface area contributed by atoms with Crippen LogP contribution in [0.2, 0.25) is 10.0 Å². The Morgan fingerprint density at radius 2 is 1.71 bits per heavy atom. The summed E-state index contributed by atoms with van der Waals surface area (Å²) in [7, 11) is 0. The van der Waals surface area contributed by atoms with E-state index in [1.165, 1.54) is 4.57 Å². The van der Waals surface area contributed by atoms with Gasteiger partial charge in [0, 0.05) is 21.0 Å². The number of rotatable bonds is 3. The zero-order valence-electron chi connectivity index (χ0n) is 17.5. The Kier molecular flexibility index (Phi) is 6.56. The Bertz CT molecular complexity index is 1380. The second-order valence-corrected chi connectivity index (χ2v) is 9.89. The van der Waals surface area contributed by atoms with Crippen LogP contribution in [-0.2, 0) is 4.79 Å². The van der Waals surface area contributed by atoms with Crippen LogP contribution in [0.25, 0.3) is 17.3 Å². The number of carbonyl (C=O) groups excluding carboxylic acids is 1. The van der Waals surface area contributed by atoms with Crippen molar-refractivity contribution in [2.45, 2.75) is 27.7 Å². The molecular formula is C24H20Cl2N2O2S. The van der Waals surface area contributed by atoms with Gasteiger partial charge < -0.3 is 0 Å². The molecule has 3 rings (SSSR count). The molecule has 31 heavy (non-hydrogen) atoms. The number of carbonyl (C=O) groups is 1. The highest BCUT2D eigenvalue weighted by Crippen LogP contribution is 2.25. The number of thiazole rings is 1. The van der Waals surface area contributed by atoms with Crippen molar-refractivity contribution in [2.75, 3.05) is 0 Å². The summed E-state index contributed by atoms with van der Waals surface area (Å²) in [4.78, 5) is 26.5. The van der Waals surface area contributed by atoms with Crippen molar-refractivity contribution >= 4 is 52.0 Å². The van der Waals surface area contributed by atoms with Gasteiger partial charge in [0.2, 0.25) is 0 Å². The lowest BCUT2D eigenvalue weighted by Gasteiger charge is -2.15. The lowest BCUT2D eigenvalue weighted by Crippen LogP contribution is -2.33. The predicted octanol–water partition coefficient (Wildman–Crippen LogP) is 4.63. The number of para-hydroxylation sites is 1. The first kappa shape index (κ1) is 23.0. The van der Waals surface area contributed by atoms with E-state index in [1.807, 2.05) is 31.2 Å². The molecule has 0 N–H and O–H groups in total. The standard InChI is InChI=1S/C24H20Cl2N2O2S/c1-14-8-5-6-11-19(14)28-22(30)20(12-15-17(25)9-7-10-18(15)26)31-23(28)16(13-27)21(29)24(2,3)4/h5-12H,1-4H3/b20-12-,23-16+. The van der Waals surface area contributed by atoms with Gasteiger partial charge in [-0.25, -0.2) is 0 Å². The van der Waals surface area contributed by atoms with E-state index in [1.54, 1.807) is 51.1 Å². The third-order valence-electron chi connectivity index (χ3n) is 4.69. The summed E-state index contributed by atoms with van der Waals surface area (Å²) in [5.41, 5.74) is 0.776. The molecule has 0 spiro atoms. The number of Topliss-reactive ketones (excluding diaryl/α,β-unsaturated/α-hetero) is 1. The van der Waals surface area contributed by atoms with Gasteiger partial charge in [-0.3, -0.25) is 14.2 Å². The van der Waals surface area contributed by atoms with Crippen LogP contribution in [0.15, 0.2) is 47.3 Å².